The molecule has 10 heteroatoms. The number of piperidine rings is 1. The lowest BCUT2D eigenvalue weighted by Gasteiger charge is -2.35. The van der Waals surface area contributed by atoms with E-state index in [1.807, 2.05) is 74.5 Å². The Balaban J connectivity index is 1.30. The Bertz CT molecular complexity index is 1660. The first-order chi connectivity index (χ1) is 21.8. The number of rotatable bonds is 10. The fourth-order valence-corrected chi connectivity index (χ4v) is 6.11. The third kappa shape index (κ3) is 8.31. The number of benzene rings is 2. The summed E-state index contributed by atoms with van der Waals surface area (Å²) >= 11 is 0. The van der Waals surface area contributed by atoms with E-state index in [-0.39, 0.29) is 11.9 Å². The molecule has 4 aromatic rings. The quantitative estimate of drug-likeness (QED) is 0.177. The van der Waals surface area contributed by atoms with Crippen LogP contribution in [0.4, 0.5) is 22.0 Å². The number of fused-ring (bicyclic) bond motifs is 1. The Morgan fingerprint density at radius 1 is 0.935 bits per heavy atom. The number of aromatic nitrogens is 2. The van der Waals surface area contributed by atoms with Gasteiger partial charge in [0, 0.05) is 60.9 Å². The minimum atomic E-state index is -0.880. The summed E-state index contributed by atoms with van der Waals surface area (Å²) in [7, 11) is 1.60. The first-order valence-corrected chi connectivity index (χ1v) is 15.9. The van der Waals surface area contributed by atoms with Crippen LogP contribution >= 0.6 is 0 Å². The second kappa shape index (κ2) is 13.6. The van der Waals surface area contributed by atoms with E-state index < -0.39 is 11.2 Å². The largest absolute Gasteiger partial charge is 0.390 e. The molecule has 0 bridgehead atoms. The number of β-amino-alcohol motifs (C(OH)–C–C–N with tert-alkyl or cyclic N) is 1. The normalized spacial score (nSPS) is 14.8. The molecule has 2 amide bonds. The van der Waals surface area contributed by atoms with Crippen LogP contribution in [0.25, 0.3) is 10.9 Å². The zero-order valence-corrected chi connectivity index (χ0v) is 27.5. The number of carbonyl (C=O) groups is 2. The predicted octanol–water partition coefficient (Wildman–Crippen LogP) is 5.73. The molecule has 46 heavy (non-hydrogen) atoms. The molecule has 0 radical (unpaired) electrons. The zero-order valence-electron chi connectivity index (χ0n) is 27.5. The highest BCUT2D eigenvalue weighted by Gasteiger charge is 2.25. The van der Waals surface area contributed by atoms with Gasteiger partial charge in [-0.2, -0.15) is 0 Å². The highest BCUT2D eigenvalue weighted by Crippen LogP contribution is 2.32. The number of amides is 2. The number of anilines is 3. The number of hydrogen-bond acceptors (Lipinski definition) is 7. The van der Waals surface area contributed by atoms with Crippen LogP contribution in [0, 0.1) is 0 Å². The Kier molecular flexibility index (Phi) is 9.81. The lowest BCUT2D eigenvalue weighted by atomic mass is 9.88. The maximum atomic E-state index is 13.3. The number of pyridine rings is 1. The van der Waals surface area contributed by atoms with Gasteiger partial charge in [0.25, 0.3) is 5.91 Å². The summed E-state index contributed by atoms with van der Waals surface area (Å²) in [4.78, 5) is 34.3. The van der Waals surface area contributed by atoms with E-state index in [0.29, 0.717) is 36.8 Å². The Morgan fingerprint density at radius 3 is 2.28 bits per heavy atom. The Hall–Kier alpha value is -4.25. The smallest absolute Gasteiger partial charge is 0.325 e. The van der Waals surface area contributed by atoms with Gasteiger partial charge in [-0.25, -0.2) is 9.78 Å². The average molecular weight is 627 g/mol. The van der Waals surface area contributed by atoms with Crippen molar-refractivity contribution in [3.8, 4) is 0 Å². The third-order valence-electron chi connectivity index (χ3n) is 8.50. The fraction of sp³-hybridized carbons (Fsp3) is 0.417. The van der Waals surface area contributed by atoms with E-state index >= 15 is 0 Å². The molecule has 1 aliphatic rings. The molecule has 3 heterocycles. The number of aliphatic hydroxyl groups is 2. The van der Waals surface area contributed by atoms with Crippen molar-refractivity contribution < 1.29 is 19.8 Å². The van der Waals surface area contributed by atoms with Gasteiger partial charge in [-0.3, -0.25) is 9.36 Å². The molecule has 10 nitrogen and oxygen atoms in total. The molecule has 0 saturated carbocycles. The summed E-state index contributed by atoms with van der Waals surface area (Å²) in [6.45, 7) is 10.3. The van der Waals surface area contributed by atoms with Crippen molar-refractivity contribution in [3.05, 3.63) is 84.2 Å². The van der Waals surface area contributed by atoms with Gasteiger partial charge >= 0.3 is 6.03 Å². The highest BCUT2D eigenvalue weighted by molar-refractivity contribution is 6.04. The van der Waals surface area contributed by atoms with Crippen LogP contribution in [0.3, 0.4) is 0 Å². The van der Waals surface area contributed by atoms with Crippen molar-refractivity contribution in [2.75, 3.05) is 43.4 Å². The summed E-state index contributed by atoms with van der Waals surface area (Å²) < 4.78 is 1.56. The lowest BCUT2D eigenvalue weighted by molar-refractivity contribution is 0.0281. The van der Waals surface area contributed by atoms with E-state index in [9.17, 15) is 19.8 Å². The van der Waals surface area contributed by atoms with Crippen molar-refractivity contribution in [3.63, 3.8) is 0 Å². The maximum Gasteiger partial charge on any atom is 0.325 e. The van der Waals surface area contributed by atoms with Crippen molar-refractivity contribution in [1.82, 2.24) is 19.8 Å². The van der Waals surface area contributed by atoms with Crippen LogP contribution in [-0.4, -0.2) is 81.0 Å². The molecule has 1 fully saturated rings. The van der Waals surface area contributed by atoms with Gasteiger partial charge in [0.2, 0.25) is 0 Å². The van der Waals surface area contributed by atoms with Crippen LogP contribution in [0.15, 0.2) is 73.1 Å². The Labute approximate surface area is 271 Å². The van der Waals surface area contributed by atoms with Gasteiger partial charge in [-0.05, 0) is 114 Å². The molecule has 5 rings (SSSR count). The molecular formula is C36H46N6O4. The first kappa shape index (κ1) is 33.1. The fourth-order valence-electron chi connectivity index (χ4n) is 6.11. The van der Waals surface area contributed by atoms with Gasteiger partial charge < -0.3 is 30.6 Å². The molecule has 0 unspecified atom stereocenters. The highest BCUT2D eigenvalue weighted by atomic mass is 16.3. The van der Waals surface area contributed by atoms with Gasteiger partial charge in [-0.1, -0.05) is 12.1 Å². The van der Waals surface area contributed by atoms with Crippen molar-refractivity contribution in [2.24, 2.45) is 0 Å². The predicted molar refractivity (Wildman–Crippen MR) is 183 cm³/mol. The van der Waals surface area contributed by atoms with Gasteiger partial charge in [0.1, 0.15) is 5.82 Å². The van der Waals surface area contributed by atoms with Crippen LogP contribution < -0.4 is 15.5 Å². The molecule has 0 atom stereocenters. The minimum Gasteiger partial charge on any atom is -0.390 e. The summed E-state index contributed by atoms with van der Waals surface area (Å²) in [6, 6.07) is 19.1. The number of nitrogens with zero attached hydrogens (tertiary/aromatic N) is 4. The molecule has 2 aromatic carbocycles. The van der Waals surface area contributed by atoms with E-state index in [2.05, 4.69) is 25.4 Å². The van der Waals surface area contributed by atoms with E-state index in [0.717, 1.165) is 48.2 Å². The number of likely N-dealkylation sites (tertiary alicyclic amines) is 1. The summed E-state index contributed by atoms with van der Waals surface area (Å²) in [5, 5.41) is 27.2. The van der Waals surface area contributed by atoms with Crippen molar-refractivity contribution in [1.29, 1.82) is 0 Å². The van der Waals surface area contributed by atoms with Crippen molar-refractivity contribution in [2.45, 2.75) is 64.1 Å². The second-order valence-electron chi connectivity index (χ2n) is 13.5. The van der Waals surface area contributed by atoms with Crippen LogP contribution in [-0.2, 0) is 0 Å². The number of carbonyl (C=O) groups excluding carboxylic acids is 2. The standard InChI is InChI=1S/C36H46N6O4/c1-35(2,45)16-21-41(29-10-11-31-28(22-29)15-20-42(31)34(44)37-5)30-12-17-38-32(23-30)39-33(43)27-8-6-25(7-9-27)26-13-18-40(19-14-26)24-36(3,4)46/h6-12,15,17,20,22-23,26,45-46H,13-14,16,18-19,21,24H2,1-5H3,(H,37,44)(H,38,39,43). The molecular weight excluding hydrogens is 580 g/mol. The molecule has 4 N–H and O–H groups in total. The summed E-state index contributed by atoms with van der Waals surface area (Å²) in [5.74, 6) is 0.618. The van der Waals surface area contributed by atoms with Gasteiger partial charge in [-0.15, -0.1) is 0 Å². The third-order valence-corrected chi connectivity index (χ3v) is 8.50. The SMILES string of the molecule is CNC(=O)n1ccc2cc(N(CCC(C)(C)O)c3ccnc(NC(=O)c4ccc(C5CCN(CC(C)(C)O)CC5)cc4)c3)ccc21. The molecule has 2 aromatic heterocycles. The molecule has 1 aliphatic heterocycles. The topological polar surface area (TPSA) is 123 Å². The van der Waals surface area contributed by atoms with Crippen molar-refractivity contribution >= 4 is 40.0 Å². The Morgan fingerprint density at radius 2 is 1.63 bits per heavy atom. The van der Waals surface area contributed by atoms with Gasteiger partial charge in [0.15, 0.2) is 0 Å². The molecule has 1 saturated heterocycles. The summed E-state index contributed by atoms with van der Waals surface area (Å²) in [5.41, 5.74) is 2.69. The molecule has 0 spiro atoms. The van der Waals surface area contributed by atoms with Gasteiger partial charge in [0.05, 0.1) is 16.7 Å². The molecule has 0 aliphatic carbocycles. The minimum absolute atomic E-state index is 0.213. The van der Waals surface area contributed by atoms with Crippen LogP contribution in [0.5, 0.6) is 0 Å². The maximum absolute atomic E-state index is 13.3. The number of hydrogen-bond donors (Lipinski definition) is 4. The monoisotopic (exact) mass is 626 g/mol. The van der Waals surface area contributed by atoms with E-state index in [1.165, 1.54) is 5.56 Å². The molecule has 244 valence electrons. The second-order valence-corrected chi connectivity index (χ2v) is 13.5. The van der Waals surface area contributed by atoms with E-state index in [1.54, 1.807) is 37.9 Å². The summed E-state index contributed by atoms with van der Waals surface area (Å²) in [6.07, 6.45) is 5.95. The first-order valence-electron chi connectivity index (χ1n) is 15.9. The number of nitrogens with one attached hydrogen (secondary N) is 2. The average Bonchev–Trinajstić information content (AvgIpc) is 3.44. The van der Waals surface area contributed by atoms with Crippen LogP contribution in [0.1, 0.15) is 68.8 Å². The zero-order chi connectivity index (χ0) is 33.1. The van der Waals surface area contributed by atoms with Crippen LogP contribution in [0.2, 0.25) is 0 Å². The lowest BCUT2D eigenvalue weighted by Crippen LogP contribution is -2.42. The van der Waals surface area contributed by atoms with E-state index in [4.69, 9.17) is 0 Å².